The lowest BCUT2D eigenvalue weighted by Gasteiger charge is -2.08. The number of halogens is 1. The number of para-hydroxylation sites is 1. The summed E-state index contributed by atoms with van der Waals surface area (Å²) in [5, 5.41) is 14.0. The first-order valence-corrected chi connectivity index (χ1v) is 10.6. The predicted octanol–water partition coefficient (Wildman–Crippen LogP) is 6.51. The number of carbonyl (C=O) groups is 1. The molecular formula is C27H22ClN3O. The zero-order valence-corrected chi connectivity index (χ0v) is 18.6. The smallest absolute Gasteiger partial charge is 0.266 e. The maximum absolute atomic E-state index is 12.8. The van der Waals surface area contributed by atoms with Crippen LogP contribution in [0.4, 0.5) is 5.69 Å². The predicted molar refractivity (Wildman–Crippen MR) is 131 cm³/mol. The van der Waals surface area contributed by atoms with Gasteiger partial charge in [0.1, 0.15) is 11.6 Å². The van der Waals surface area contributed by atoms with Crippen molar-refractivity contribution in [1.82, 2.24) is 4.57 Å². The molecule has 0 unspecified atom stereocenters. The van der Waals surface area contributed by atoms with Crippen LogP contribution >= 0.6 is 11.6 Å². The van der Waals surface area contributed by atoms with Gasteiger partial charge in [0, 0.05) is 39.9 Å². The van der Waals surface area contributed by atoms with Crippen molar-refractivity contribution in [2.45, 2.75) is 20.4 Å². The SMILES string of the molecule is Cc1cccc(Cn2cc(C=C(C#N)C(=O)Nc3cc(Cl)ccc3C)c3ccccc32)c1. The molecule has 4 rings (SSSR count). The highest BCUT2D eigenvalue weighted by molar-refractivity contribution is 6.31. The molecule has 1 heterocycles. The number of nitrogens with zero attached hydrogens (tertiary/aromatic N) is 2. The van der Waals surface area contributed by atoms with Crippen LogP contribution in [-0.4, -0.2) is 10.5 Å². The third-order valence-corrected chi connectivity index (χ3v) is 5.60. The van der Waals surface area contributed by atoms with E-state index in [4.69, 9.17) is 11.6 Å². The van der Waals surface area contributed by atoms with Gasteiger partial charge in [-0.15, -0.1) is 0 Å². The first-order valence-electron chi connectivity index (χ1n) is 10.3. The number of aryl methyl sites for hydroxylation is 2. The number of nitriles is 1. The summed E-state index contributed by atoms with van der Waals surface area (Å²) in [4.78, 5) is 12.8. The van der Waals surface area contributed by atoms with E-state index < -0.39 is 5.91 Å². The van der Waals surface area contributed by atoms with Crippen molar-refractivity contribution in [3.63, 3.8) is 0 Å². The molecule has 0 bridgehead atoms. The van der Waals surface area contributed by atoms with Gasteiger partial charge in [-0.1, -0.05) is 65.7 Å². The normalized spacial score (nSPS) is 11.4. The second-order valence-corrected chi connectivity index (χ2v) is 8.24. The van der Waals surface area contributed by atoms with Crippen molar-refractivity contribution in [3.8, 4) is 6.07 Å². The van der Waals surface area contributed by atoms with Gasteiger partial charge < -0.3 is 9.88 Å². The number of anilines is 1. The molecule has 0 fully saturated rings. The van der Waals surface area contributed by atoms with E-state index in [-0.39, 0.29) is 5.57 Å². The number of benzene rings is 3. The van der Waals surface area contributed by atoms with E-state index in [1.54, 1.807) is 18.2 Å². The molecule has 0 saturated heterocycles. The van der Waals surface area contributed by atoms with Gasteiger partial charge in [0.05, 0.1) is 0 Å². The fraction of sp³-hybridized carbons (Fsp3) is 0.111. The molecule has 1 aromatic heterocycles. The maximum Gasteiger partial charge on any atom is 0.266 e. The van der Waals surface area contributed by atoms with Gasteiger partial charge in [-0.05, 0) is 49.2 Å². The number of amides is 1. The summed E-state index contributed by atoms with van der Waals surface area (Å²) < 4.78 is 2.14. The Labute approximate surface area is 192 Å². The highest BCUT2D eigenvalue weighted by Gasteiger charge is 2.14. The van der Waals surface area contributed by atoms with Crippen LogP contribution in [0.5, 0.6) is 0 Å². The molecule has 3 aromatic carbocycles. The lowest BCUT2D eigenvalue weighted by molar-refractivity contribution is -0.112. The third kappa shape index (κ3) is 4.59. The van der Waals surface area contributed by atoms with Crippen molar-refractivity contribution >= 4 is 40.2 Å². The number of aromatic nitrogens is 1. The summed E-state index contributed by atoms with van der Waals surface area (Å²) in [6.07, 6.45) is 3.63. The van der Waals surface area contributed by atoms with Crippen LogP contribution in [0.15, 0.2) is 78.5 Å². The number of hydrogen-bond donors (Lipinski definition) is 1. The molecule has 158 valence electrons. The quantitative estimate of drug-likeness (QED) is 0.285. The molecule has 5 heteroatoms. The first-order chi connectivity index (χ1) is 15.4. The molecule has 0 atom stereocenters. The molecule has 0 saturated carbocycles. The number of nitrogens with one attached hydrogen (secondary N) is 1. The molecule has 0 spiro atoms. The average molecular weight is 440 g/mol. The Morgan fingerprint density at radius 2 is 1.91 bits per heavy atom. The second kappa shape index (κ2) is 9.13. The van der Waals surface area contributed by atoms with E-state index in [1.807, 2.05) is 55.6 Å². The molecule has 1 amide bonds. The molecule has 0 aliphatic carbocycles. The molecule has 0 radical (unpaired) electrons. The molecule has 1 N–H and O–H groups in total. The van der Waals surface area contributed by atoms with Crippen molar-refractivity contribution in [1.29, 1.82) is 5.26 Å². The minimum Gasteiger partial charge on any atom is -0.342 e. The van der Waals surface area contributed by atoms with Crippen molar-refractivity contribution in [2.24, 2.45) is 0 Å². The molecule has 4 nitrogen and oxygen atoms in total. The fourth-order valence-electron chi connectivity index (χ4n) is 3.75. The van der Waals surface area contributed by atoms with Gasteiger partial charge in [0.15, 0.2) is 0 Å². The molecule has 0 aliphatic rings. The summed E-state index contributed by atoms with van der Waals surface area (Å²) >= 11 is 6.05. The van der Waals surface area contributed by atoms with E-state index in [0.29, 0.717) is 17.3 Å². The summed E-state index contributed by atoms with van der Waals surface area (Å²) in [5.74, 6) is -0.464. The minimum atomic E-state index is -0.464. The van der Waals surface area contributed by atoms with Gasteiger partial charge in [0.25, 0.3) is 5.91 Å². The Kier molecular flexibility index (Phi) is 6.11. The topological polar surface area (TPSA) is 57.8 Å². The number of hydrogen-bond acceptors (Lipinski definition) is 2. The van der Waals surface area contributed by atoms with Crippen LogP contribution in [0.1, 0.15) is 22.3 Å². The van der Waals surface area contributed by atoms with Gasteiger partial charge in [0.2, 0.25) is 0 Å². The number of fused-ring (bicyclic) bond motifs is 1. The lowest BCUT2D eigenvalue weighted by atomic mass is 10.1. The number of carbonyl (C=O) groups excluding carboxylic acids is 1. The largest absolute Gasteiger partial charge is 0.342 e. The molecule has 32 heavy (non-hydrogen) atoms. The zero-order valence-electron chi connectivity index (χ0n) is 17.9. The van der Waals surface area contributed by atoms with Crippen LogP contribution in [0.2, 0.25) is 5.02 Å². The second-order valence-electron chi connectivity index (χ2n) is 7.80. The van der Waals surface area contributed by atoms with Crippen LogP contribution in [0.3, 0.4) is 0 Å². The van der Waals surface area contributed by atoms with Crippen molar-refractivity contribution in [3.05, 3.63) is 106 Å². The van der Waals surface area contributed by atoms with Gasteiger partial charge in [-0.2, -0.15) is 5.26 Å². The molecular weight excluding hydrogens is 418 g/mol. The van der Waals surface area contributed by atoms with Crippen LogP contribution < -0.4 is 5.32 Å². The Hall–Kier alpha value is -3.81. The van der Waals surface area contributed by atoms with Crippen molar-refractivity contribution < 1.29 is 4.79 Å². The van der Waals surface area contributed by atoms with Gasteiger partial charge in [-0.25, -0.2) is 0 Å². The Balaban J connectivity index is 1.69. The average Bonchev–Trinajstić information content (AvgIpc) is 3.12. The minimum absolute atomic E-state index is 0.0304. The van der Waals surface area contributed by atoms with Crippen LogP contribution in [-0.2, 0) is 11.3 Å². The van der Waals surface area contributed by atoms with E-state index in [0.717, 1.165) is 22.0 Å². The first kappa shape index (κ1) is 21.4. The summed E-state index contributed by atoms with van der Waals surface area (Å²) in [6, 6.07) is 23.7. The highest BCUT2D eigenvalue weighted by atomic mass is 35.5. The summed E-state index contributed by atoms with van der Waals surface area (Å²) in [6.45, 7) is 4.65. The molecule has 4 aromatic rings. The fourth-order valence-corrected chi connectivity index (χ4v) is 3.92. The van der Waals surface area contributed by atoms with E-state index in [1.165, 1.54) is 11.1 Å². The van der Waals surface area contributed by atoms with E-state index >= 15 is 0 Å². The number of rotatable bonds is 5. The Bertz CT molecular complexity index is 1390. The van der Waals surface area contributed by atoms with Crippen molar-refractivity contribution in [2.75, 3.05) is 5.32 Å². The van der Waals surface area contributed by atoms with Gasteiger partial charge in [-0.3, -0.25) is 4.79 Å². The summed E-state index contributed by atoms with van der Waals surface area (Å²) in [5.41, 5.74) is 5.75. The maximum atomic E-state index is 12.8. The third-order valence-electron chi connectivity index (χ3n) is 5.37. The highest BCUT2D eigenvalue weighted by Crippen LogP contribution is 2.26. The van der Waals surface area contributed by atoms with Crippen LogP contribution in [0.25, 0.3) is 17.0 Å². The van der Waals surface area contributed by atoms with E-state index in [9.17, 15) is 10.1 Å². The van der Waals surface area contributed by atoms with Crippen LogP contribution in [0, 0.1) is 25.2 Å². The molecule has 0 aliphatic heterocycles. The Morgan fingerprint density at radius 1 is 1.09 bits per heavy atom. The zero-order chi connectivity index (χ0) is 22.7. The Morgan fingerprint density at radius 3 is 2.69 bits per heavy atom. The standard InChI is InChI=1S/C27H22ClN3O/c1-18-6-5-7-20(12-18)16-31-17-22(24-8-3-4-9-26(24)31)13-21(15-29)27(32)30-25-14-23(28)11-10-19(25)2/h3-14,17H,16H2,1-2H3,(H,30,32). The summed E-state index contributed by atoms with van der Waals surface area (Å²) in [7, 11) is 0. The van der Waals surface area contributed by atoms with Gasteiger partial charge >= 0.3 is 0 Å². The monoisotopic (exact) mass is 439 g/mol. The lowest BCUT2D eigenvalue weighted by Crippen LogP contribution is -2.14. The van der Waals surface area contributed by atoms with E-state index in [2.05, 4.69) is 35.0 Å².